The molecule has 0 aliphatic heterocycles. The van der Waals surface area contributed by atoms with Gasteiger partial charge in [0.05, 0.1) is 0 Å². The molecule has 0 amide bonds. The number of hydrogen-bond acceptors (Lipinski definition) is 2. The number of rotatable bonds is 4. The minimum absolute atomic E-state index is 0.676. The van der Waals surface area contributed by atoms with Gasteiger partial charge < -0.3 is 0 Å². The normalized spacial score (nSPS) is 10.3. The van der Waals surface area contributed by atoms with Crippen LogP contribution in [0.5, 0.6) is 0 Å². The van der Waals surface area contributed by atoms with Crippen LogP contribution in [0.1, 0.15) is 15.9 Å². The SMILES string of the molecule is O=Cc1ccc(SCc2c(Cl)cccc2Cl)cc1. The van der Waals surface area contributed by atoms with Gasteiger partial charge in [0.1, 0.15) is 6.29 Å². The highest BCUT2D eigenvalue weighted by Crippen LogP contribution is 2.31. The molecule has 0 aliphatic rings. The molecule has 0 spiro atoms. The summed E-state index contributed by atoms with van der Waals surface area (Å²) in [5.41, 5.74) is 1.61. The summed E-state index contributed by atoms with van der Waals surface area (Å²) in [4.78, 5) is 11.6. The lowest BCUT2D eigenvalue weighted by atomic mass is 10.2. The molecule has 0 saturated carbocycles. The van der Waals surface area contributed by atoms with Crippen LogP contribution in [0.25, 0.3) is 0 Å². The monoisotopic (exact) mass is 296 g/mol. The molecular weight excluding hydrogens is 287 g/mol. The first-order chi connectivity index (χ1) is 8.70. The summed E-state index contributed by atoms with van der Waals surface area (Å²) < 4.78 is 0. The molecule has 0 saturated heterocycles. The van der Waals surface area contributed by atoms with Crippen molar-refractivity contribution < 1.29 is 4.79 Å². The molecule has 0 bridgehead atoms. The zero-order valence-corrected chi connectivity index (χ0v) is 11.7. The fraction of sp³-hybridized carbons (Fsp3) is 0.0714. The van der Waals surface area contributed by atoms with Gasteiger partial charge in [0.25, 0.3) is 0 Å². The van der Waals surface area contributed by atoms with E-state index in [1.165, 1.54) is 0 Å². The number of aldehydes is 1. The van der Waals surface area contributed by atoms with E-state index in [-0.39, 0.29) is 0 Å². The Morgan fingerprint density at radius 2 is 1.61 bits per heavy atom. The fourth-order valence-electron chi connectivity index (χ4n) is 1.47. The van der Waals surface area contributed by atoms with Gasteiger partial charge in [-0.05, 0) is 29.8 Å². The number of benzene rings is 2. The van der Waals surface area contributed by atoms with Crippen LogP contribution in [0.4, 0.5) is 0 Å². The third-order valence-electron chi connectivity index (χ3n) is 2.46. The minimum atomic E-state index is 0.676. The molecule has 0 atom stereocenters. The van der Waals surface area contributed by atoms with E-state index in [1.807, 2.05) is 30.3 Å². The zero-order valence-electron chi connectivity index (χ0n) is 9.40. The lowest BCUT2D eigenvalue weighted by Crippen LogP contribution is -1.85. The van der Waals surface area contributed by atoms with E-state index in [9.17, 15) is 4.79 Å². The topological polar surface area (TPSA) is 17.1 Å². The molecule has 18 heavy (non-hydrogen) atoms. The molecule has 1 nitrogen and oxygen atoms in total. The van der Waals surface area contributed by atoms with E-state index in [1.54, 1.807) is 23.9 Å². The molecule has 2 rings (SSSR count). The second-order valence-electron chi connectivity index (χ2n) is 3.68. The highest BCUT2D eigenvalue weighted by molar-refractivity contribution is 7.98. The quantitative estimate of drug-likeness (QED) is 0.577. The number of halogens is 2. The third kappa shape index (κ3) is 3.29. The lowest BCUT2D eigenvalue weighted by Gasteiger charge is -2.06. The molecular formula is C14H10Cl2OS. The van der Waals surface area contributed by atoms with Crippen LogP contribution >= 0.6 is 35.0 Å². The summed E-state index contributed by atoms with van der Waals surface area (Å²) in [6.45, 7) is 0. The molecule has 0 radical (unpaired) electrons. The molecule has 2 aromatic rings. The van der Waals surface area contributed by atoms with E-state index in [2.05, 4.69) is 0 Å². The van der Waals surface area contributed by atoms with E-state index < -0.39 is 0 Å². The summed E-state index contributed by atoms with van der Waals surface area (Å²) in [5, 5.41) is 1.36. The lowest BCUT2D eigenvalue weighted by molar-refractivity contribution is 0.112. The van der Waals surface area contributed by atoms with E-state index in [0.717, 1.165) is 16.7 Å². The van der Waals surface area contributed by atoms with Crippen LogP contribution in [0.3, 0.4) is 0 Å². The maximum absolute atomic E-state index is 10.5. The predicted molar refractivity (Wildman–Crippen MR) is 77.9 cm³/mol. The van der Waals surface area contributed by atoms with Crippen LogP contribution in [-0.4, -0.2) is 6.29 Å². The van der Waals surface area contributed by atoms with Gasteiger partial charge in [-0.1, -0.05) is 41.4 Å². The molecule has 92 valence electrons. The van der Waals surface area contributed by atoms with Gasteiger partial charge in [-0.15, -0.1) is 11.8 Å². The van der Waals surface area contributed by atoms with Crippen LogP contribution in [-0.2, 0) is 5.75 Å². The van der Waals surface area contributed by atoms with Crippen molar-refractivity contribution in [1.29, 1.82) is 0 Å². The number of thioether (sulfide) groups is 1. The van der Waals surface area contributed by atoms with Crippen molar-refractivity contribution in [3.63, 3.8) is 0 Å². The van der Waals surface area contributed by atoms with Crippen molar-refractivity contribution in [3.8, 4) is 0 Å². The van der Waals surface area contributed by atoms with Crippen molar-refractivity contribution in [2.24, 2.45) is 0 Å². The Morgan fingerprint density at radius 1 is 1.00 bits per heavy atom. The van der Waals surface area contributed by atoms with Crippen LogP contribution in [0.15, 0.2) is 47.4 Å². The first kappa shape index (κ1) is 13.5. The Kier molecular flexibility index (Phi) is 4.70. The molecule has 4 heteroatoms. The Balaban J connectivity index is 2.09. The van der Waals surface area contributed by atoms with Crippen molar-refractivity contribution >= 4 is 41.2 Å². The van der Waals surface area contributed by atoms with Gasteiger partial charge in [-0.25, -0.2) is 0 Å². The molecule has 2 aromatic carbocycles. The van der Waals surface area contributed by atoms with Crippen molar-refractivity contribution in [1.82, 2.24) is 0 Å². The predicted octanol–water partition coefficient (Wildman–Crippen LogP) is 5.10. The highest BCUT2D eigenvalue weighted by Gasteiger charge is 2.05. The summed E-state index contributed by atoms with van der Waals surface area (Å²) in [5.74, 6) is 0.707. The number of hydrogen-bond donors (Lipinski definition) is 0. The van der Waals surface area contributed by atoms with Crippen molar-refractivity contribution in [2.45, 2.75) is 10.6 Å². The van der Waals surface area contributed by atoms with Gasteiger partial charge >= 0.3 is 0 Å². The van der Waals surface area contributed by atoms with E-state index >= 15 is 0 Å². The molecule has 0 heterocycles. The van der Waals surface area contributed by atoms with Crippen LogP contribution in [0, 0.1) is 0 Å². The minimum Gasteiger partial charge on any atom is -0.298 e. The fourth-order valence-corrected chi connectivity index (χ4v) is 3.11. The molecule has 0 unspecified atom stereocenters. The van der Waals surface area contributed by atoms with E-state index in [4.69, 9.17) is 23.2 Å². The average molecular weight is 297 g/mol. The van der Waals surface area contributed by atoms with Crippen molar-refractivity contribution in [3.05, 3.63) is 63.6 Å². The Bertz CT molecular complexity index is 532. The summed E-state index contributed by atoms with van der Waals surface area (Å²) >= 11 is 13.8. The first-order valence-electron chi connectivity index (χ1n) is 5.31. The average Bonchev–Trinajstić information content (AvgIpc) is 2.39. The largest absolute Gasteiger partial charge is 0.298 e. The Hall–Kier alpha value is -0.960. The van der Waals surface area contributed by atoms with Gasteiger partial charge in [0, 0.05) is 26.3 Å². The molecule has 0 N–H and O–H groups in total. The van der Waals surface area contributed by atoms with Gasteiger partial charge in [-0.2, -0.15) is 0 Å². The van der Waals surface area contributed by atoms with Crippen molar-refractivity contribution in [2.75, 3.05) is 0 Å². The third-order valence-corrected chi connectivity index (χ3v) is 4.21. The maximum atomic E-state index is 10.5. The molecule has 0 aliphatic carbocycles. The standard InChI is InChI=1S/C14H10Cl2OS/c15-13-2-1-3-14(16)12(13)9-18-11-6-4-10(8-17)5-7-11/h1-8H,9H2. The maximum Gasteiger partial charge on any atom is 0.150 e. The molecule has 0 aromatic heterocycles. The second-order valence-corrected chi connectivity index (χ2v) is 5.54. The second kappa shape index (κ2) is 6.28. The van der Waals surface area contributed by atoms with Crippen LogP contribution in [0.2, 0.25) is 10.0 Å². The summed E-state index contributed by atoms with van der Waals surface area (Å²) in [6, 6.07) is 12.9. The number of carbonyl (C=O) groups is 1. The first-order valence-corrected chi connectivity index (χ1v) is 7.06. The van der Waals surface area contributed by atoms with Crippen LogP contribution < -0.4 is 0 Å². The summed E-state index contributed by atoms with van der Waals surface area (Å²) in [7, 11) is 0. The number of carbonyl (C=O) groups excluding carboxylic acids is 1. The van der Waals surface area contributed by atoms with Gasteiger partial charge in [-0.3, -0.25) is 4.79 Å². The summed E-state index contributed by atoms with van der Waals surface area (Å²) in [6.07, 6.45) is 0.833. The zero-order chi connectivity index (χ0) is 13.0. The van der Waals surface area contributed by atoms with E-state index in [0.29, 0.717) is 21.4 Å². The van der Waals surface area contributed by atoms with Gasteiger partial charge in [0.2, 0.25) is 0 Å². The Morgan fingerprint density at radius 3 is 2.17 bits per heavy atom. The van der Waals surface area contributed by atoms with Gasteiger partial charge in [0.15, 0.2) is 0 Å². The molecule has 0 fully saturated rings. The highest BCUT2D eigenvalue weighted by atomic mass is 35.5. The smallest absolute Gasteiger partial charge is 0.150 e. The Labute approximate surface area is 120 Å².